The maximum absolute atomic E-state index is 12.4. The van der Waals surface area contributed by atoms with Gasteiger partial charge in [0.1, 0.15) is 0 Å². The molecular formula is C16H20Cl2N2O2. The van der Waals surface area contributed by atoms with Crippen molar-refractivity contribution >= 4 is 35.0 Å². The normalized spacial score (nSPS) is 15.7. The van der Waals surface area contributed by atoms with Crippen molar-refractivity contribution in [1.82, 2.24) is 9.80 Å². The summed E-state index contributed by atoms with van der Waals surface area (Å²) < 4.78 is 0. The topological polar surface area (TPSA) is 40.6 Å². The van der Waals surface area contributed by atoms with Crippen molar-refractivity contribution in [3.05, 3.63) is 33.8 Å². The average Bonchev–Trinajstić information content (AvgIpc) is 2.49. The highest BCUT2D eigenvalue weighted by Crippen LogP contribution is 2.23. The van der Waals surface area contributed by atoms with Crippen molar-refractivity contribution in [1.29, 1.82) is 0 Å². The molecule has 0 aromatic heterocycles. The molecule has 0 spiro atoms. The van der Waals surface area contributed by atoms with Crippen LogP contribution in [0.3, 0.4) is 0 Å². The Morgan fingerprint density at radius 2 is 1.86 bits per heavy atom. The number of rotatable bonds is 3. The summed E-state index contributed by atoms with van der Waals surface area (Å²) in [7, 11) is 3.53. The van der Waals surface area contributed by atoms with E-state index in [4.69, 9.17) is 23.2 Å². The Bertz CT molecular complexity index is 567. The van der Waals surface area contributed by atoms with E-state index in [2.05, 4.69) is 0 Å². The summed E-state index contributed by atoms with van der Waals surface area (Å²) in [6.45, 7) is 1.24. The Hall–Kier alpha value is -1.26. The molecule has 120 valence electrons. The zero-order chi connectivity index (χ0) is 16.3. The van der Waals surface area contributed by atoms with Gasteiger partial charge in [-0.05, 0) is 30.5 Å². The first-order chi connectivity index (χ1) is 10.4. The number of benzene rings is 1. The average molecular weight is 343 g/mol. The molecule has 6 heteroatoms. The van der Waals surface area contributed by atoms with Crippen LogP contribution in [0.15, 0.2) is 18.2 Å². The number of carbonyl (C=O) groups is 2. The van der Waals surface area contributed by atoms with Crippen LogP contribution in [-0.4, -0.2) is 48.8 Å². The summed E-state index contributed by atoms with van der Waals surface area (Å²) in [5.41, 5.74) is 0.780. The van der Waals surface area contributed by atoms with Gasteiger partial charge in [-0.25, -0.2) is 0 Å². The van der Waals surface area contributed by atoms with Crippen LogP contribution >= 0.6 is 23.2 Å². The number of amides is 2. The first kappa shape index (κ1) is 17.1. The van der Waals surface area contributed by atoms with Crippen LogP contribution in [0.1, 0.15) is 18.4 Å². The van der Waals surface area contributed by atoms with Crippen LogP contribution in [0.2, 0.25) is 10.0 Å². The summed E-state index contributed by atoms with van der Waals surface area (Å²) in [6, 6.07) is 5.16. The highest BCUT2D eigenvalue weighted by Gasteiger charge is 2.28. The smallest absolute Gasteiger partial charge is 0.227 e. The second-order valence-electron chi connectivity index (χ2n) is 5.80. The molecule has 1 aromatic carbocycles. The zero-order valence-corrected chi connectivity index (χ0v) is 14.3. The van der Waals surface area contributed by atoms with Gasteiger partial charge < -0.3 is 9.80 Å². The quantitative estimate of drug-likeness (QED) is 0.847. The van der Waals surface area contributed by atoms with Gasteiger partial charge >= 0.3 is 0 Å². The van der Waals surface area contributed by atoms with E-state index in [1.54, 1.807) is 37.2 Å². The fourth-order valence-corrected chi connectivity index (χ4v) is 3.16. The van der Waals surface area contributed by atoms with E-state index in [0.29, 0.717) is 23.1 Å². The van der Waals surface area contributed by atoms with Crippen molar-refractivity contribution in [3.63, 3.8) is 0 Å². The van der Waals surface area contributed by atoms with Crippen LogP contribution < -0.4 is 0 Å². The summed E-state index contributed by atoms with van der Waals surface area (Å²) in [6.07, 6.45) is 1.70. The van der Waals surface area contributed by atoms with Gasteiger partial charge in [0.15, 0.2) is 0 Å². The molecule has 2 rings (SSSR count). The first-order valence-electron chi connectivity index (χ1n) is 7.31. The zero-order valence-electron chi connectivity index (χ0n) is 12.8. The van der Waals surface area contributed by atoms with Gasteiger partial charge in [-0.15, -0.1) is 0 Å². The molecule has 0 aliphatic carbocycles. The molecule has 4 nitrogen and oxygen atoms in total. The summed E-state index contributed by atoms with van der Waals surface area (Å²) in [5, 5.41) is 1.07. The molecule has 1 aliphatic rings. The number of piperidine rings is 1. The number of nitrogens with zero attached hydrogens (tertiary/aromatic N) is 2. The standard InChI is InChI=1S/C16H20Cl2N2O2/c1-19(2)16(22)11-5-7-20(8-6-11)15(21)9-12-3-4-13(17)10-14(12)18/h3-4,10-11H,5-9H2,1-2H3. The molecule has 1 heterocycles. The molecule has 0 saturated carbocycles. The molecule has 1 fully saturated rings. The molecule has 0 radical (unpaired) electrons. The molecule has 2 amide bonds. The molecule has 22 heavy (non-hydrogen) atoms. The molecule has 1 aromatic rings. The van der Waals surface area contributed by atoms with Crippen molar-refractivity contribution in [3.8, 4) is 0 Å². The van der Waals surface area contributed by atoms with Crippen molar-refractivity contribution < 1.29 is 9.59 Å². The summed E-state index contributed by atoms with van der Waals surface area (Å²) in [5.74, 6) is 0.214. The van der Waals surface area contributed by atoms with E-state index in [-0.39, 0.29) is 24.2 Å². The van der Waals surface area contributed by atoms with Gasteiger partial charge in [-0.2, -0.15) is 0 Å². The van der Waals surface area contributed by atoms with E-state index < -0.39 is 0 Å². The Balaban J connectivity index is 1.91. The number of hydrogen-bond acceptors (Lipinski definition) is 2. The fraction of sp³-hybridized carbons (Fsp3) is 0.500. The van der Waals surface area contributed by atoms with Crippen molar-refractivity contribution in [2.75, 3.05) is 27.2 Å². The maximum atomic E-state index is 12.4. The third-order valence-corrected chi connectivity index (χ3v) is 4.58. The second kappa shape index (κ2) is 7.34. The van der Waals surface area contributed by atoms with E-state index in [0.717, 1.165) is 18.4 Å². The molecule has 0 atom stereocenters. The third-order valence-electron chi connectivity index (χ3n) is 3.99. The Kier molecular flexibility index (Phi) is 5.70. The molecular weight excluding hydrogens is 323 g/mol. The number of halogens is 2. The lowest BCUT2D eigenvalue weighted by molar-refractivity contribution is -0.138. The highest BCUT2D eigenvalue weighted by atomic mass is 35.5. The monoisotopic (exact) mass is 342 g/mol. The maximum Gasteiger partial charge on any atom is 0.227 e. The Morgan fingerprint density at radius 1 is 1.23 bits per heavy atom. The second-order valence-corrected chi connectivity index (χ2v) is 6.64. The van der Waals surface area contributed by atoms with Gasteiger partial charge in [0.25, 0.3) is 0 Å². The van der Waals surface area contributed by atoms with Crippen LogP contribution in [0.4, 0.5) is 0 Å². The van der Waals surface area contributed by atoms with E-state index in [1.807, 2.05) is 4.90 Å². The van der Waals surface area contributed by atoms with Crippen LogP contribution in [0.5, 0.6) is 0 Å². The van der Waals surface area contributed by atoms with E-state index >= 15 is 0 Å². The SMILES string of the molecule is CN(C)C(=O)C1CCN(C(=O)Cc2ccc(Cl)cc2Cl)CC1. The minimum atomic E-state index is 0.0261. The van der Waals surface area contributed by atoms with E-state index in [1.165, 1.54) is 0 Å². The number of likely N-dealkylation sites (tertiary alicyclic amines) is 1. The predicted molar refractivity (Wildman–Crippen MR) is 88.2 cm³/mol. The summed E-state index contributed by atoms with van der Waals surface area (Å²) >= 11 is 12.0. The van der Waals surface area contributed by atoms with Crippen LogP contribution in [0, 0.1) is 5.92 Å². The molecule has 1 aliphatic heterocycles. The highest BCUT2D eigenvalue weighted by molar-refractivity contribution is 6.35. The van der Waals surface area contributed by atoms with Gasteiger partial charge in [-0.3, -0.25) is 9.59 Å². The lowest BCUT2D eigenvalue weighted by Crippen LogP contribution is -2.43. The Labute approximate surface area is 141 Å². The van der Waals surface area contributed by atoms with Gasteiger partial charge in [-0.1, -0.05) is 29.3 Å². The number of hydrogen-bond donors (Lipinski definition) is 0. The lowest BCUT2D eigenvalue weighted by Gasteiger charge is -2.32. The first-order valence-corrected chi connectivity index (χ1v) is 8.07. The largest absolute Gasteiger partial charge is 0.349 e. The minimum Gasteiger partial charge on any atom is -0.349 e. The van der Waals surface area contributed by atoms with Gasteiger partial charge in [0.05, 0.1) is 6.42 Å². The van der Waals surface area contributed by atoms with Gasteiger partial charge in [0.2, 0.25) is 11.8 Å². The molecule has 0 N–H and O–H groups in total. The van der Waals surface area contributed by atoms with E-state index in [9.17, 15) is 9.59 Å². The molecule has 0 unspecified atom stereocenters. The third kappa shape index (κ3) is 4.14. The number of carbonyl (C=O) groups excluding carboxylic acids is 2. The minimum absolute atomic E-state index is 0.0261. The van der Waals surface area contributed by atoms with Crippen LogP contribution in [0.25, 0.3) is 0 Å². The molecule has 1 saturated heterocycles. The van der Waals surface area contributed by atoms with Gasteiger partial charge in [0, 0.05) is 43.1 Å². The van der Waals surface area contributed by atoms with Crippen LogP contribution in [-0.2, 0) is 16.0 Å². The fourth-order valence-electron chi connectivity index (χ4n) is 2.68. The lowest BCUT2D eigenvalue weighted by atomic mass is 9.95. The Morgan fingerprint density at radius 3 is 2.41 bits per heavy atom. The molecule has 0 bridgehead atoms. The van der Waals surface area contributed by atoms with Crippen molar-refractivity contribution in [2.45, 2.75) is 19.3 Å². The predicted octanol–water partition coefficient (Wildman–Crippen LogP) is 2.86. The summed E-state index contributed by atoms with van der Waals surface area (Å²) in [4.78, 5) is 27.7. The van der Waals surface area contributed by atoms with Crippen molar-refractivity contribution in [2.24, 2.45) is 5.92 Å².